The van der Waals surface area contributed by atoms with E-state index in [-0.39, 0.29) is 12.4 Å². The van der Waals surface area contributed by atoms with Gasteiger partial charge in [-0.15, -0.1) is 0 Å². The van der Waals surface area contributed by atoms with Crippen LogP contribution in [0.4, 0.5) is 0 Å². The summed E-state index contributed by atoms with van der Waals surface area (Å²) in [6.07, 6.45) is 2.80. The van der Waals surface area contributed by atoms with Gasteiger partial charge in [0.2, 0.25) is 0 Å². The number of Topliss-reactive ketones (excluding diaryl/α,β-unsaturated/α-hetero) is 1. The summed E-state index contributed by atoms with van der Waals surface area (Å²) in [7, 11) is -2.98. The third kappa shape index (κ3) is 5.53. The molecule has 0 amide bonds. The number of ketones is 1. The summed E-state index contributed by atoms with van der Waals surface area (Å²) >= 11 is 0. The van der Waals surface area contributed by atoms with Crippen LogP contribution >= 0.6 is 8.25 Å². The average Bonchev–Trinajstić information content (AvgIpc) is 2.10. The van der Waals surface area contributed by atoms with Gasteiger partial charge in [-0.1, -0.05) is 33.6 Å². The summed E-state index contributed by atoms with van der Waals surface area (Å²) in [5.74, 6) is -0.113. The topological polar surface area (TPSA) is 63.6 Å². The van der Waals surface area contributed by atoms with Crippen molar-refractivity contribution in [3.8, 4) is 0 Å². The Morgan fingerprint density at radius 2 is 2.07 bits per heavy atom. The molecule has 0 aromatic carbocycles. The number of carbonyl (C=O) groups is 1. The van der Waals surface area contributed by atoms with Gasteiger partial charge in [0, 0.05) is 5.41 Å². The van der Waals surface area contributed by atoms with Crippen LogP contribution in [0.25, 0.3) is 0 Å². The molecule has 1 atom stereocenters. The molecular formula is C9H19O4P. The van der Waals surface area contributed by atoms with Crippen molar-refractivity contribution in [2.75, 3.05) is 6.61 Å². The second-order valence-electron chi connectivity index (χ2n) is 3.97. The Morgan fingerprint density at radius 3 is 2.50 bits per heavy atom. The van der Waals surface area contributed by atoms with Crippen LogP contribution in [0.1, 0.15) is 40.0 Å². The lowest BCUT2D eigenvalue weighted by molar-refractivity contribution is -0.129. The molecule has 0 bridgehead atoms. The maximum absolute atomic E-state index is 11.5. The molecule has 0 aliphatic carbocycles. The zero-order valence-electron chi connectivity index (χ0n) is 9.00. The van der Waals surface area contributed by atoms with Crippen molar-refractivity contribution in [1.29, 1.82) is 0 Å². The van der Waals surface area contributed by atoms with Gasteiger partial charge in [0.1, 0.15) is 6.61 Å². The lowest BCUT2D eigenvalue weighted by Crippen LogP contribution is -2.27. The molecule has 0 aliphatic heterocycles. The van der Waals surface area contributed by atoms with E-state index in [4.69, 9.17) is 4.89 Å². The Kier molecular flexibility index (Phi) is 6.25. The van der Waals surface area contributed by atoms with Crippen molar-refractivity contribution in [1.82, 2.24) is 0 Å². The van der Waals surface area contributed by atoms with Gasteiger partial charge < -0.3 is 9.42 Å². The van der Waals surface area contributed by atoms with E-state index in [1.54, 1.807) is 0 Å². The van der Waals surface area contributed by atoms with Crippen molar-refractivity contribution in [3.63, 3.8) is 0 Å². The molecule has 0 fully saturated rings. The molecule has 5 heteroatoms. The van der Waals surface area contributed by atoms with E-state index in [0.717, 1.165) is 19.3 Å². The summed E-state index contributed by atoms with van der Waals surface area (Å²) in [5, 5.41) is 0. The molecule has 1 unspecified atom stereocenters. The molecule has 0 saturated heterocycles. The molecule has 14 heavy (non-hydrogen) atoms. The highest BCUT2D eigenvalue weighted by Gasteiger charge is 2.26. The minimum atomic E-state index is -2.98. The van der Waals surface area contributed by atoms with E-state index < -0.39 is 13.7 Å². The van der Waals surface area contributed by atoms with Crippen molar-refractivity contribution < 1.29 is 18.8 Å². The molecule has 0 spiro atoms. The third-order valence-electron chi connectivity index (χ3n) is 2.24. The fourth-order valence-electron chi connectivity index (χ4n) is 1.08. The molecule has 0 saturated carbocycles. The zero-order chi connectivity index (χ0) is 11.2. The minimum Gasteiger partial charge on any atom is -0.326 e. The largest absolute Gasteiger partial charge is 0.326 e. The lowest BCUT2D eigenvalue weighted by Gasteiger charge is -2.22. The van der Waals surface area contributed by atoms with E-state index in [2.05, 4.69) is 11.4 Å². The van der Waals surface area contributed by atoms with Crippen molar-refractivity contribution in [2.24, 2.45) is 5.41 Å². The van der Waals surface area contributed by atoms with Gasteiger partial charge in [0.05, 0.1) is 0 Å². The summed E-state index contributed by atoms with van der Waals surface area (Å²) in [5.41, 5.74) is -0.451. The third-order valence-corrected chi connectivity index (χ3v) is 2.63. The predicted molar refractivity (Wildman–Crippen MR) is 55.5 cm³/mol. The van der Waals surface area contributed by atoms with Gasteiger partial charge >= 0.3 is 8.25 Å². The first-order chi connectivity index (χ1) is 6.40. The summed E-state index contributed by atoms with van der Waals surface area (Å²) in [6, 6.07) is 0. The van der Waals surface area contributed by atoms with Gasteiger partial charge in [-0.05, 0) is 6.42 Å². The molecule has 0 aromatic heterocycles. The van der Waals surface area contributed by atoms with Crippen LogP contribution in [0.5, 0.6) is 0 Å². The second-order valence-corrected chi connectivity index (χ2v) is 4.79. The van der Waals surface area contributed by atoms with Crippen LogP contribution in [0.3, 0.4) is 0 Å². The van der Waals surface area contributed by atoms with Crippen LogP contribution in [-0.4, -0.2) is 17.3 Å². The standard InChI is InChI=1S/C9H19O4P/c1-4-5-6-9(2,3)8(10)7-13-14(11)12/h14H,4-7H2,1-3H3,(H,11,12). The summed E-state index contributed by atoms with van der Waals surface area (Å²) in [6.45, 7) is 5.47. The molecular weight excluding hydrogens is 203 g/mol. The highest BCUT2D eigenvalue weighted by Crippen LogP contribution is 2.26. The summed E-state index contributed by atoms with van der Waals surface area (Å²) in [4.78, 5) is 19.9. The molecule has 4 nitrogen and oxygen atoms in total. The van der Waals surface area contributed by atoms with Crippen LogP contribution in [0.2, 0.25) is 0 Å². The highest BCUT2D eigenvalue weighted by atomic mass is 31.1. The minimum absolute atomic E-state index is 0.113. The smallest absolute Gasteiger partial charge is 0.317 e. The van der Waals surface area contributed by atoms with Crippen molar-refractivity contribution >= 4 is 14.0 Å². The first kappa shape index (κ1) is 13.8. The van der Waals surface area contributed by atoms with E-state index in [9.17, 15) is 9.36 Å². The fraction of sp³-hybridized carbons (Fsp3) is 0.889. The fourth-order valence-corrected chi connectivity index (χ4v) is 1.34. The zero-order valence-corrected chi connectivity index (χ0v) is 10.0. The first-order valence-electron chi connectivity index (χ1n) is 4.79. The Morgan fingerprint density at radius 1 is 1.50 bits per heavy atom. The Hall–Kier alpha value is -0.180. The molecule has 0 aliphatic rings. The maximum Gasteiger partial charge on any atom is 0.317 e. The second kappa shape index (κ2) is 6.33. The van der Waals surface area contributed by atoms with Crippen LogP contribution in [0.15, 0.2) is 0 Å². The maximum atomic E-state index is 11.5. The molecule has 0 heterocycles. The predicted octanol–water partition coefficient (Wildman–Crippen LogP) is 2.17. The van der Waals surface area contributed by atoms with Gasteiger partial charge in [0.15, 0.2) is 5.78 Å². The number of carbonyl (C=O) groups excluding carboxylic acids is 1. The molecule has 84 valence electrons. The Bertz CT molecular complexity index is 213. The number of rotatable bonds is 7. The van der Waals surface area contributed by atoms with Gasteiger partial charge in [0.25, 0.3) is 0 Å². The first-order valence-corrected chi connectivity index (χ1v) is 6.05. The van der Waals surface area contributed by atoms with Crippen molar-refractivity contribution in [3.05, 3.63) is 0 Å². The van der Waals surface area contributed by atoms with Crippen molar-refractivity contribution in [2.45, 2.75) is 40.0 Å². The Balaban J connectivity index is 4.00. The normalized spacial score (nSPS) is 14.0. The van der Waals surface area contributed by atoms with E-state index in [1.165, 1.54) is 0 Å². The number of unbranched alkanes of at least 4 members (excludes halogenated alkanes) is 1. The number of hydrogen-bond acceptors (Lipinski definition) is 3. The van der Waals surface area contributed by atoms with Crippen LogP contribution in [0, 0.1) is 5.41 Å². The van der Waals surface area contributed by atoms with Gasteiger partial charge in [-0.3, -0.25) is 9.36 Å². The molecule has 0 rings (SSSR count). The molecule has 0 aromatic rings. The van der Waals surface area contributed by atoms with E-state index in [1.807, 2.05) is 13.8 Å². The molecule has 1 N–H and O–H groups in total. The van der Waals surface area contributed by atoms with Gasteiger partial charge in [-0.2, -0.15) is 0 Å². The highest BCUT2D eigenvalue weighted by molar-refractivity contribution is 7.32. The average molecular weight is 222 g/mol. The SMILES string of the molecule is CCCCC(C)(C)C(=O)CO[PH](=O)O. The Labute approximate surface area is 85.6 Å². The lowest BCUT2D eigenvalue weighted by atomic mass is 9.83. The number of hydrogen-bond donors (Lipinski definition) is 1. The van der Waals surface area contributed by atoms with Crippen LogP contribution in [-0.2, 0) is 13.9 Å². The quantitative estimate of drug-likeness (QED) is 0.670. The summed E-state index contributed by atoms with van der Waals surface area (Å²) < 4.78 is 14.7. The monoisotopic (exact) mass is 222 g/mol. The van der Waals surface area contributed by atoms with Gasteiger partial charge in [-0.25, -0.2) is 0 Å². The molecule has 0 radical (unpaired) electrons. The van der Waals surface area contributed by atoms with Crippen LogP contribution < -0.4 is 0 Å². The van der Waals surface area contributed by atoms with E-state index in [0.29, 0.717) is 0 Å². The van der Waals surface area contributed by atoms with E-state index >= 15 is 0 Å².